The van der Waals surface area contributed by atoms with E-state index in [1.54, 1.807) is 6.07 Å². The summed E-state index contributed by atoms with van der Waals surface area (Å²) in [6.07, 6.45) is 0.476. The Bertz CT molecular complexity index is 366. The number of hydrogen-bond donors (Lipinski definition) is 1. The minimum Gasteiger partial charge on any atom is -0.391 e. The summed E-state index contributed by atoms with van der Waals surface area (Å²) >= 11 is 0. The Labute approximate surface area is 101 Å². The highest BCUT2D eigenvalue weighted by Gasteiger charge is 2.24. The third kappa shape index (κ3) is 3.17. The number of ether oxygens (including phenoxy) is 1. The maximum atomic E-state index is 13.1. The fourth-order valence-electron chi connectivity index (χ4n) is 2.10. The average Bonchev–Trinajstić information content (AvgIpc) is 2.82. The maximum Gasteiger partial charge on any atom is 0.125 e. The highest BCUT2D eigenvalue weighted by Crippen LogP contribution is 2.20. The average molecular weight is 239 g/mol. The molecule has 1 aromatic rings. The first kappa shape index (κ1) is 12.3. The Morgan fingerprint density at radius 1 is 1.59 bits per heavy atom. The lowest BCUT2D eigenvalue weighted by molar-refractivity contribution is 0.0970. The zero-order valence-corrected chi connectivity index (χ0v) is 9.97. The lowest BCUT2D eigenvalue weighted by Crippen LogP contribution is -2.34. The van der Waals surface area contributed by atoms with Crippen molar-refractivity contribution >= 4 is 5.69 Å². The SMILES string of the molecule is CN(CC(O)C1CCOC1)c1cccc(F)c1. The number of hydrogen-bond acceptors (Lipinski definition) is 3. The minimum absolute atomic E-state index is 0.200. The summed E-state index contributed by atoms with van der Waals surface area (Å²) in [5.41, 5.74) is 0.781. The lowest BCUT2D eigenvalue weighted by Gasteiger charge is -2.25. The van der Waals surface area contributed by atoms with E-state index in [9.17, 15) is 9.50 Å². The van der Waals surface area contributed by atoms with Crippen molar-refractivity contribution in [2.24, 2.45) is 5.92 Å². The van der Waals surface area contributed by atoms with Gasteiger partial charge in [-0.2, -0.15) is 0 Å². The van der Waals surface area contributed by atoms with Crippen molar-refractivity contribution in [3.8, 4) is 0 Å². The Kier molecular flexibility index (Phi) is 3.97. The molecule has 4 heteroatoms. The second-order valence-electron chi connectivity index (χ2n) is 4.55. The Hall–Kier alpha value is -1.13. The third-order valence-corrected chi connectivity index (χ3v) is 3.22. The van der Waals surface area contributed by atoms with E-state index >= 15 is 0 Å². The second kappa shape index (κ2) is 5.47. The highest BCUT2D eigenvalue weighted by atomic mass is 19.1. The van der Waals surface area contributed by atoms with Crippen LogP contribution in [-0.2, 0) is 4.74 Å². The standard InChI is InChI=1S/C13H18FNO2/c1-15(12-4-2-3-11(14)7-12)8-13(16)10-5-6-17-9-10/h2-4,7,10,13,16H,5-6,8-9H2,1H3. The number of rotatable bonds is 4. The zero-order valence-electron chi connectivity index (χ0n) is 9.97. The molecule has 1 saturated heterocycles. The van der Waals surface area contributed by atoms with E-state index in [4.69, 9.17) is 4.74 Å². The van der Waals surface area contributed by atoms with Gasteiger partial charge in [0, 0.05) is 31.8 Å². The van der Waals surface area contributed by atoms with Crippen LogP contribution in [0.15, 0.2) is 24.3 Å². The Morgan fingerprint density at radius 2 is 2.41 bits per heavy atom. The first-order valence-electron chi connectivity index (χ1n) is 5.89. The molecule has 1 N–H and O–H groups in total. The van der Waals surface area contributed by atoms with Gasteiger partial charge in [0.2, 0.25) is 0 Å². The zero-order chi connectivity index (χ0) is 12.3. The molecule has 0 radical (unpaired) electrons. The van der Waals surface area contributed by atoms with Crippen molar-refractivity contribution in [2.45, 2.75) is 12.5 Å². The summed E-state index contributed by atoms with van der Waals surface area (Å²) in [6, 6.07) is 6.39. The van der Waals surface area contributed by atoms with Crippen molar-refractivity contribution in [1.29, 1.82) is 0 Å². The minimum atomic E-state index is -0.425. The summed E-state index contributed by atoms with van der Waals surface area (Å²) in [6.45, 7) is 1.85. The predicted molar refractivity (Wildman–Crippen MR) is 64.6 cm³/mol. The van der Waals surface area contributed by atoms with E-state index < -0.39 is 6.10 Å². The normalized spacial score (nSPS) is 21.5. The molecule has 17 heavy (non-hydrogen) atoms. The Balaban J connectivity index is 1.93. The molecule has 1 aliphatic rings. The van der Waals surface area contributed by atoms with E-state index in [1.807, 2.05) is 18.0 Å². The number of aliphatic hydroxyl groups excluding tert-OH is 1. The van der Waals surface area contributed by atoms with Gasteiger partial charge in [-0.1, -0.05) is 6.07 Å². The topological polar surface area (TPSA) is 32.7 Å². The first-order chi connectivity index (χ1) is 8.16. The van der Waals surface area contributed by atoms with Crippen LogP contribution in [0.2, 0.25) is 0 Å². The number of benzene rings is 1. The van der Waals surface area contributed by atoms with Crippen molar-refractivity contribution in [1.82, 2.24) is 0 Å². The van der Waals surface area contributed by atoms with Crippen LogP contribution in [0.25, 0.3) is 0 Å². The monoisotopic (exact) mass is 239 g/mol. The van der Waals surface area contributed by atoms with E-state index in [0.717, 1.165) is 18.7 Å². The molecule has 0 aliphatic carbocycles. The molecular formula is C13H18FNO2. The summed E-state index contributed by atoms with van der Waals surface area (Å²) in [5, 5.41) is 10.0. The van der Waals surface area contributed by atoms with Crippen LogP contribution in [0.5, 0.6) is 0 Å². The molecular weight excluding hydrogens is 221 g/mol. The van der Waals surface area contributed by atoms with Gasteiger partial charge in [-0.15, -0.1) is 0 Å². The fraction of sp³-hybridized carbons (Fsp3) is 0.538. The van der Waals surface area contributed by atoms with E-state index in [1.165, 1.54) is 12.1 Å². The first-order valence-corrected chi connectivity index (χ1v) is 5.89. The van der Waals surface area contributed by atoms with Crippen molar-refractivity contribution in [3.05, 3.63) is 30.1 Å². The smallest absolute Gasteiger partial charge is 0.125 e. The van der Waals surface area contributed by atoms with Crippen LogP contribution in [0.4, 0.5) is 10.1 Å². The van der Waals surface area contributed by atoms with E-state index in [0.29, 0.717) is 13.2 Å². The number of likely N-dealkylation sites (N-methyl/N-ethyl adjacent to an activating group) is 1. The van der Waals surface area contributed by atoms with Crippen molar-refractivity contribution < 1.29 is 14.2 Å². The molecule has 1 aromatic carbocycles. The summed E-state index contributed by atoms with van der Waals surface area (Å²) < 4.78 is 18.3. The van der Waals surface area contributed by atoms with Crippen LogP contribution >= 0.6 is 0 Å². The maximum absolute atomic E-state index is 13.1. The van der Waals surface area contributed by atoms with Gasteiger partial charge < -0.3 is 14.7 Å². The molecule has 2 rings (SSSR count). The molecule has 2 unspecified atom stereocenters. The third-order valence-electron chi connectivity index (χ3n) is 3.22. The second-order valence-corrected chi connectivity index (χ2v) is 4.55. The molecule has 0 saturated carbocycles. The molecule has 0 amide bonds. The van der Waals surface area contributed by atoms with Gasteiger partial charge in [-0.3, -0.25) is 0 Å². The summed E-state index contributed by atoms with van der Waals surface area (Å²) in [4.78, 5) is 1.87. The van der Waals surface area contributed by atoms with Gasteiger partial charge in [0.15, 0.2) is 0 Å². The van der Waals surface area contributed by atoms with E-state index in [-0.39, 0.29) is 11.7 Å². The quantitative estimate of drug-likeness (QED) is 0.867. The van der Waals surface area contributed by atoms with Gasteiger partial charge in [0.1, 0.15) is 5.82 Å². The number of halogens is 1. The molecule has 1 aliphatic heterocycles. The molecule has 2 atom stereocenters. The van der Waals surface area contributed by atoms with Crippen LogP contribution in [0.1, 0.15) is 6.42 Å². The lowest BCUT2D eigenvalue weighted by atomic mass is 10.0. The van der Waals surface area contributed by atoms with Crippen LogP contribution in [0.3, 0.4) is 0 Å². The van der Waals surface area contributed by atoms with E-state index in [2.05, 4.69) is 0 Å². The predicted octanol–water partition coefficient (Wildman–Crippen LogP) is 1.66. The van der Waals surface area contributed by atoms with Crippen LogP contribution < -0.4 is 4.90 Å². The van der Waals surface area contributed by atoms with Crippen molar-refractivity contribution in [2.75, 3.05) is 31.7 Å². The van der Waals surface area contributed by atoms with Gasteiger partial charge in [0.05, 0.1) is 12.7 Å². The van der Waals surface area contributed by atoms with Crippen LogP contribution in [-0.4, -0.2) is 38.0 Å². The molecule has 3 nitrogen and oxygen atoms in total. The Morgan fingerprint density at radius 3 is 3.06 bits per heavy atom. The van der Waals surface area contributed by atoms with Gasteiger partial charge in [-0.05, 0) is 24.6 Å². The summed E-state index contributed by atoms with van der Waals surface area (Å²) in [7, 11) is 1.85. The fourth-order valence-corrected chi connectivity index (χ4v) is 2.10. The molecule has 0 spiro atoms. The number of nitrogens with zero attached hydrogens (tertiary/aromatic N) is 1. The van der Waals surface area contributed by atoms with Crippen molar-refractivity contribution in [3.63, 3.8) is 0 Å². The van der Waals surface area contributed by atoms with Gasteiger partial charge in [0.25, 0.3) is 0 Å². The molecule has 1 fully saturated rings. The van der Waals surface area contributed by atoms with Gasteiger partial charge >= 0.3 is 0 Å². The number of anilines is 1. The molecule has 0 bridgehead atoms. The highest BCUT2D eigenvalue weighted by molar-refractivity contribution is 5.45. The summed E-state index contributed by atoms with van der Waals surface area (Å²) in [5.74, 6) is -0.0564. The largest absolute Gasteiger partial charge is 0.391 e. The molecule has 0 aromatic heterocycles. The van der Waals surface area contributed by atoms with Crippen LogP contribution in [0, 0.1) is 11.7 Å². The molecule has 94 valence electrons. The molecule has 1 heterocycles. The number of aliphatic hydroxyl groups is 1. The van der Waals surface area contributed by atoms with Gasteiger partial charge in [-0.25, -0.2) is 4.39 Å².